The van der Waals surface area contributed by atoms with E-state index in [4.69, 9.17) is 9.15 Å². The predicted octanol–water partition coefficient (Wildman–Crippen LogP) is 3.46. The van der Waals surface area contributed by atoms with Crippen LogP contribution in [0.15, 0.2) is 22.6 Å². The number of nitrogens with one attached hydrogen (secondary N) is 1. The maximum atomic E-state index is 13.7. The number of halogens is 1. The normalized spacial score (nSPS) is 11.6. The van der Waals surface area contributed by atoms with Crippen molar-refractivity contribution in [2.75, 3.05) is 13.7 Å². The summed E-state index contributed by atoms with van der Waals surface area (Å²) in [6.45, 7) is 6.19. The Kier molecular flexibility index (Phi) is 4.56. The molecule has 1 N–H and O–H groups in total. The molecule has 0 atom stereocenters. The molecule has 0 saturated heterocycles. The first-order valence-electron chi connectivity index (χ1n) is 6.52. The summed E-state index contributed by atoms with van der Waals surface area (Å²) in [6, 6.07) is 4.97. The van der Waals surface area contributed by atoms with Gasteiger partial charge in [-0.05, 0) is 18.5 Å². The molecular weight excluding hydrogens is 245 g/mol. The van der Waals surface area contributed by atoms with Crippen molar-refractivity contribution in [3.8, 4) is 0 Å². The van der Waals surface area contributed by atoms with Gasteiger partial charge in [0.25, 0.3) is 0 Å². The standard InChI is InChI=1S/C15H20FNO2/c1-10(2)7-17-8-14-12(9-18-3)11-5-4-6-13(16)15(11)19-14/h4-6,10,17H,7-9H2,1-3H3. The SMILES string of the molecule is COCc1c(CNCC(C)C)oc2c(F)cccc12. The lowest BCUT2D eigenvalue weighted by Crippen LogP contribution is -2.19. The number of para-hydroxylation sites is 1. The van der Waals surface area contributed by atoms with Gasteiger partial charge in [-0.2, -0.15) is 0 Å². The fourth-order valence-electron chi connectivity index (χ4n) is 2.10. The highest BCUT2D eigenvalue weighted by Crippen LogP contribution is 2.28. The number of furan rings is 1. The first kappa shape index (κ1) is 14.0. The Bertz CT molecular complexity index is 548. The van der Waals surface area contributed by atoms with Crippen LogP contribution >= 0.6 is 0 Å². The molecule has 1 aromatic heterocycles. The van der Waals surface area contributed by atoms with Crippen LogP contribution in [0.25, 0.3) is 11.0 Å². The number of ether oxygens (including phenoxy) is 1. The average molecular weight is 265 g/mol. The second-order valence-corrected chi connectivity index (χ2v) is 5.08. The molecule has 0 fully saturated rings. The quantitative estimate of drug-likeness (QED) is 0.868. The predicted molar refractivity (Wildman–Crippen MR) is 73.4 cm³/mol. The van der Waals surface area contributed by atoms with Crippen molar-refractivity contribution in [1.82, 2.24) is 5.32 Å². The molecule has 3 nitrogen and oxygen atoms in total. The third kappa shape index (κ3) is 3.14. The third-order valence-electron chi connectivity index (χ3n) is 2.98. The number of hydrogen-bond acceptors (Lipinski definition) is 3. The van der Waals surface area contributed by atoms with E-state index in [1.807, 2.05) is 6.07 Å². The summed E-state index contributed by atoms with van der Waals surface area (Å²) in [5, 5.41) is 4.10. The number of benzene rings is 1. The van der Waals surface area contributed by atoms with Gasteiger partial charge >= 0.3 is 0 Å². The van der Waals surface area contributed by atoms with E-state index in [2.05, 4.69) is 19.2 Å². The van der Waals surface area contributed by atoms with Crippen LogP contribution in [0.1, 0.15) is 25.2 Å². The molecule has 0 bridgehead atoms. The number of fused-ring (bicyclic) bond motifs is 1. The van der Waals surface area contributed by atoms with E-state index in [9.17, 15) is 4.39 Å². The van der Waals surface area contributed by atoms with Crippen LogP contribution in [-0.2, 0) is 17.9 Å². The van der Waals surface area contributed by atoms with Crippen molar-refractivity contribution in [2.45, 2.75) is 27.0 Å². The molecule has 2 aromatic rings. The molecule has 4 heteroatoms. The Balaban J connectivity index is 2.30. The highest BCUT2D eigenvalue weighted by Gasteiger charge is 2.16. The Morgan fingerprint density at radius 1 is 1.37 bits per heavy atom. The maximum absolute atomic E-state index is 13.7. The van der Waals surface area contributed by atoms with Crippen LogP contribution in [0.4, 0.5) is 4.39 Å². The molecule has 1 heterocycles. The van der Waals surface area contributed by atoms with Crippen LogP contribution in [0.3, 0.4) is 0 Å². The van der Waals surface area contributed by atoms with E-state index >= 15 is 0 Å². The molecule has 19 heavy (non-hydrogen) atoms. The fourth-order valence-corrected chi connectivity index (χ4v) is 2.10. The summed E-state index contributed by atoms with van der Waals surface area (Å²) in [5.74, 6) is 0.986. The van der Waals surface area contributed by atoms with Crippen molar-refractivity contribution < 1.29 is 13.5 Å². The van der Waals surface area contributed by atoms with Crippen molar-refractivity contribution >= 4 is 11.0 Å². The summed E-state index contributed by atoms with van der Waals surface area (Å²) in [4.78, 5) is 0. The topological polar surface area (TPSA) is 34.4 Å². The minimum Gasteiger partial charge on any atom is -0.456 e. The van der Waals surface area contributed by atoms with Gasteiger partial charge in [0.05, 0.1) is 13.2 Å². The lowest BCUT2D eigenvalue weighted by molar-refractivity contribution is 0.183. The monoisotopic (exact) mass is 265 g/mol. The van der Waals surface area contributed by atoms with E-state index in [-0.39, 0.29) is 5.82 Å². The van der Waals surface area contributed by atoms with E-state index in [1.165, 1.54) is 6.07 Å². The molecule has 0 aliphatic rings. The third-order valence-corrected chi connectivity index (χ3v) is 2.98. The van der Waals surface area contributed by atoms with E-state index < -0.39 is 0 Å². The minimum atomic E-state index is -0.329. The highest BCUT2D eigenvalue weighted by atomic mass is 19.1. The lowest BCUT2D eigenvalue weighted by Gasteiger charge is -2.07. The van der Waals surface area contributed by atoms with Gasteiger partial charge in [-0.1, -0.05) is 26.0 Å². The summed E-state index contributed by atoms with van der Waals surface area (Å²) >= 11 is 0. The smallest absolute Gasteiger partial charge is 0.170 e. The summed E-state index contributed by atoms with van der Waals surface area (Å²) in [7, 11) is 1.63. The highest BCUT2D eigenvalue weighted by molar-refractivity contribution is 5.82. The Hall–Kier alpha value is -1.39. The molecule has 0 unspecified atom stereocenters. The fraction of sp³-hybridized carbons (Fsp3) is 0.467. The molecule has 0 amide bonds. The van der Waals surface area contributed by atoms with Crippen molar-refractivity contribution in [2.24, 2.45) is 5.92 Å². The van der Waals surface area contributed by atoms with Crippen LogP contribution in [-0.4, -0.2) is 13.7 Å². The van der Waals surface area contributed by atoms with Crippen LogP contribution < -0.4 is 5.32 Å². The Labute approximate surface area is 112 Å². The first-order chi connectivity index (χ1) is 9.13. The molecule has 0 aliphatic carbocycles. The van der Waals surface area contributed by atoms with Gasteiger partial charge in [0.1, 0.15) is 5.76 Å². The van der Waals surface area contributed by atoms with E-state index in [0.717, 1.165) is 23.3 Å². The van der Waals surface area contributed by atoms with Gasteiger partial charge < -0.3 is 14.5 Å². The second kappa shape index (κ2) is 6.17. The molecular formula is C15H20FNO2. The molecule has 0 saturated carbocycles. The van der Waals surface area contributed by atoms with Crippen LogP contribution in [0.2, 0.25) is 0 Å². The number of rotatable bonds is 6. The molecule has 0 aliphatic heterocycles. The zero-order valence-electron chi connectivity index (χ0n) is 11.6. The van der Waals surface area contributed by atoms with Crippen LogP contribution in [0.5, 0.6) is 0 Å². The summed E-state index contributed by atoms with van der Waals surface area (Å²) in [5.41, 5.74) is 1.24. The van der Waals surface area contributed by atoms with Gasteiger partial charge in [-0.15, -0.1) is 0 Å². The zero-order valence-corrected chi connectivity index (χ0v) is 11.6. The van der Waals surface area contributed by atoms with Gasteiger partial charge in [0.2, 0.25) is 0 Å². The van der Waals surface area contributed by atoms with Gasteiger partial charge in [-0.3, -0.25) is 0 Å². The molecule has 2 rings (SSSR count). The first-order valence-corrected chi connectivity index (χ1v) is 6.52. The molecule has 1 aromatic carbocycles. The van der Waals surface area contributed by atoms with Gasteiger partial charge in [0.15, 0.2) is 11.4 Å². The number of methoxy groups -OCH3 is 1. The Morgan fingerprint density at radius 2 is 2.16 bits per heavy atom. The summed E-state index contributed by atoms with van der Waals surface area (Å²) < 4.78 is 24.6. The molecule has 0 radical (unpaired) electrons. The zero-order chi connectivity index (χ0) is 13.8. The average Bonchev–Trinajstić information content (AvgIpc) is 2.70. The van der Waals surface area contributed by atoms with E-state index in [1.54, 1.807) is 13.2 Å². The minimum absolute atomic E-state index is 0.316. The molecule has 104 valence electrons. The maximum Gasteiger partial charge on any atom is 0.170 e. The van der Waals surface area contributed by atoms with Crippen molar-refractivity contribution in [3.05, 3.63) is 35.3 Å². The lowest BCUT2D eigenvalue weighted by atomic mass is 10.1. The Morgan fingerprint density at radius 3 is 2.84 bits per heavy atom. The second-order valence-electron chi connectivity index (χ2n) is 5.08. The largest absolute Gasteiger partial charge is 0.456 e. The van der Waals surface area contributed by atoms with Crippen molar-refractivity contribution in [1.29, 1.82) is 0 Å². The van der Waals surface area contributed by atoms with Gasteiger partial charge in [0, 0.05) is 18.1 Å². The molecule has 0 spiro atoms. The van der Waals surface area contributed by atoms with Gasteiger partial charge in [-0.25, -0.2) is 4.39 Å². The summed E-state index contributed by atoms with van der Waals surface area (Å²) in [6.07, 6.45) is 0. The van der Waals surface area contributed by atoms with E-state index in [0.29, 0.717) is 24.7 Å². The number of hydrogen-bond donors (Lipinski definition) is 1. The van der Waals surface area contributed by atoms with Crippen molar-refractivity contribution in [3.63, 3.8) is 0 Å². The van der Waals surface area contributed by atoms with Crippen LogP contribution in [0, 0.1) is 11.7 Å².